The molecule has 1 aliphatic heterocycles. The molecule has 0 amide bonds. The van der Waals surface area contributed by atoms with E-state index in [0.29, 0.717) is 13.0 Å². The van der Waals surface area contributed by atoms with Crippen molar-refractivity contribution in [2.45, 2.75) is 37.7 Å². The normalized spacial score (nSPS) is 33.0. The summed E-state index contributed by atoms with van der Waals surface area (Å²) in [6.45, 7) is 2.63. The lowest BCUT2D eigenvalue weighted by Crippen LogP contribution is -2.42. The maximum absolute atomic E-state index is 11.9. The Hall–Kier alpha value is -1.81. The van der Waals surface area contributed by atoms with Crippen molar-refractivity contribution >= 4 is 5.97 Å². The summed E-state index contributed by atoms with van der Waals surface area (Å²) in [4.78, 5) is 11.9. The molecule has 0 fully saturated rings. The summed E-state index contributed by atoms with van der Waals surface area (Å²) in [6.07, 6.45) is 1.72. The molecule has 1 aromatic rings. The molecule has 3 unspecified atom stereocenters. The molecule has 4 heteroatoms. The summed E-state index contributed by atoms with van der Waals surface area (Å²) in [7, 11) is 1.64. The SMILES string of the molecule is COc1cccc2c1C(O)CC1C3=C(CCC21C)C(=O)OC3. The molecule has 0 spiro atoms. The van der Waals surface area contributed by atoms with Crippen molar-refractivity contribution in [2.24, 2.45) is 5.92 Å². The van der Waals surface area contributed by atoms with Gasteiger partial charge in [0, 0.05) is 16.6 Å². The summed E-state index contributed by atoms with van der Waals surface area (Å²) in [6, 6.07) is 5.98. The highest BCUT2D eigenvalue weighted by atomic mass is 16.5. The molecule has 4 nitrogen and oxygen atoms in total. The highest BCUT2D eigenvalue weighted by Gasteiger charge is 2.50. The van der Waals surface area contributed by atoms with Gasteiger partial charge in [0.2, 0.25) is 0 Å². The van der Waals surface area contributed by atoms with E-state index in [1.165, 1.54) is 0 Å². The van der Waals surface area contributed by atoms with Crippen LogP contribution in [0.5, 0.6) is 5.75 Å². The molecule has 4 rings (SSSR count). The molecule has 1 aromatic carbocycles. The maximum Gasteiger partial charge on any atom is 0.334 e. The summed E-state index contributed by atoms with van der Waals surface area (Å²) in [5, 5.41) is 10.7. The Morgan fingerprint density at radius 2 is 2.23 bits per heavy atom. The van der Waals surface area contributed by atoms with Gasteiger partial charge in [-0.05, 0) is 42.4 Å². The Labute approximate surface area is 129 Å². The van der Waals surface area contributed by atoms with E-state index in [-0.39, 0.29) is 17.3 Å². The van der Waals surface area contributed by atoms with E-state index in [1.807, 2.05) is 12.1 Å². The van der Waals surface area contributed by atoms with Crippen LogP contribution in [0.3, 0.4) is 0 Å². The largest absolute Gasteiger partial charge is 0.496 e. The van der Waals surface area contributed by atoms with Gasteiger partial charge in [0.05, 0.1) is 13.2 Å². The third kappa shape index (κ3) is 1.64. The van der Waals surface area contributed by atoms with Gasteiger partial charge in [-0.25, -0.2) is 4.79 Å². The summed E-state index contributed by atoms with van der Waals surface area (Å²) in [5.74, 6) is 0.753. The van der Waals surface area contributed by atoms with E-state index in [0.717, 1.165) is 40.9 Å². The van der Waals surface area contributed by atoms with Crippen LogP contribution in [0, 0.1) is 5.92 Å². The lowest BCUT2D eigenvalue weighted by Gasteiger charge is -2.48. The van der Waals surface area contributed by atoms with Gasteiger partial charge >= 0.3 is 5.97 Å². The zero-order valence-electron chi connectivity index (χ0n) is 12.9. The van der Waals surface area contributed by atoms with Crippen LogP contribution >= 0.6 is 0 Å². The first-order valence-electron chi connectivity index (χ1n) is 7.80. The van der Waals surface area contributed by atoms with Crippen molar-refractivity contribution in [1.82, 2.24) is 0 Å². The second-order valence-corrected chi connectivity index (χ2v) is 6.72. The zero-order chi connectivity index (χ0) is 15.5. The van der Waals surface area contributed by atoms with E-state index >= 15 is 0 Å². The number of benzene rings is 1. The average molecular weight is 300 g/mol. The monoisotopic (exact) mass is 300 g/mol. The Bertz CT molecular complexity index is 690. The Kier molecular flexibility index (Phi) is 2.89. The molecule has 3 aliphatic rings. The fraction of sp³-hybridized carbons (Fsp3) is 0.500. The molecule has 2 aliphatic carbocycles. The zero-order valence-corrected chi connectivity index (χ0v) is 12.9. The fourth-order valence-electron chi connectivity index (χ4n) is 4.60. The molecule has 0 saturated carbocycles. The lowest BCUT2D eigenvalue weighted by atomic mass is 9.56. The number of fused-ring (bicyclic) bond motifs is 4. The fourth-order valence-corrected chi connectivity index (χ4v) is 4.60. The van der Waals surface area contributed by atoms with Gasteiger partial charge in [0.15, 0.2) is 0 Å². The quantitative estimate of drug-likeness (QED) is 0.810. The lowest BCUT2D eigenvalue weighted by molar-refractivity contribution is -0.136. The van der Waals surface area contributed by atoms with Crippen molar-refractivity contribution in [3.8, 4) is 5.75 Å². The van der Waals surface area contributed by atoms with Crippen molar-refractivity contribution < 1.29 is 19.4 Å². The van der Waals surface area contributed by atoms with Gasteiger partial charge in [-0.15, -0.1) is 0 Å². The van der Waals surface area contributed by atoms with Crippen LogP contribution in [0.4, 0.5) is 0 Å². The Morgan fingerprint density at radius 1 is 1.41 bits per heavy atom. The van der Waals surface area contributed by atoms with E-state index in [1.54, 1.807) is 7.11 Å². The number of aliphatic hydroxyl groups is 1. The molecule has 116 valence electrons. The molecule has 0 saturated heterocycles. The van der Waals surface area contributed by atoms with Crippen LogP contribution in [-0.2, 0) is 14.9 Å². The number of hydrogen-bond acceptors (Lipinski definition) is 4. The molecule has 22 heavy (non-hydrogen) atoms. The van der Waals surface area contributed by atoms with E-state index in [2.05, 4.69) is 13.0 Å². The van der Waals surface area contributed by atoms with Crippen LogP contribution in [0.2, 0.25) is 0 Å². The number of cyclic esters (lactones) is 1. The minimum atomic E-state index is -0.563. The van der Waals surface area contributed by atoms with Gasteiger partial charge in [-0.3, -0.25) is 0 Å². The molecule has 0 bridgehead atoms. The van der Waals surface area contributed by atoms with E-state index < -0.39 is 6.10 Å². The van der Waals surface area contributed by atoms with Crippen LogP contribution in [0.1, 0.15) is 43.4 Å². The highest BCUT2D eigenvalue weighted by Crippen LogP contribution is 2.57. The minimum absolute atomic E-state index is 0.0735. The first-order valence-corrected chi connectivity index (χ1v) is 7.80. The summed E-state index contributed by atoms with van der Waals surface area (Å²) >= 11 is 0. The second-order valence-electron chi connectivity index (χ2n) is 6.72. The van der Waals surface area contributed by atoms with Crippen LogP contribution in [-0.4, -0.2) is 24.8 Å². The highest BCUT2D eigenvalue weighted by molar-refractivity contribution is 5.92. The number of aliphatic hydroxyl groups excluding tert-OH is 1. The Balaban J connectivity index is 1.89. The predicted molar refractivity (Wildman–Crippen MR) is 80.6 cm³/mol. The van der Waals surface area contributed by atoms with Gasteiger partial charge in [-0.1, -0.05) is 19.1 Å². The number of carbonyl (C=O) groups is 1. The van der Waals surface area contributed by atoms with E-state index in [9.17, 15) is 9.90 Å². The molecular weight excluding hydrogens is 280 g/mol. The third-order valence-corrected chi connectivity index (χ3v) is 5.77. The first kappa shape index (κ1) is 13.8. The number of methoxy groups -OCH3 is 1. The predicted octanol–water partition coefficient (Wildman–Crippen LogP) is 2.65. The van der Waals surface area contributed by atoms with Crippen molar-refractivity contribution in [2.75, 3.05) is 13.7 Å². The van der Waals surface area contributed by atoms with Crippen LogP contribution < -0.4 is 4.74 Å². The minimum Gasteiger partial charge on any atom is -0.496 e. The van der Waals surface area contributed by atoms with Crippen molar-refractivity contribution in [1.29, 1.82) is 0 Å². The van der Waals surface area contributed by atoms with Gasteiger partial charge < -0.3 is 14.6 Å². The standard InChI is InChI=1S/C18H20O4/c1-18-7-6-10-11(9-22-17(10)20)13(18)8-14(19)16-12(18)4-3-5-15(16)21-2/h3-5,13-14,19H,6-9H2,1-2H3. The van der Waals surface area contributed by atoms with Gasteiger partial charge in [0.25, 0.3) is 0 Å². The molecule has 0 radical (unpaired) electrons. The topological polar surface area (TPSA) is 55.8 Å². The number of ether oxygens (including phenoxy) is 2. The number of esters is 1. The van der Waals surface area contributed by atoms with Gasteiger partial charge in [0.1, 0.15) is 12.4 Å². The smallest absolute Gasteiger partial charge is 0.334 e. The molecule has 0 aromatic heterocycles. The number of hydrogen-bond donors (Lipinski definition) is 1. The molecule has 1 heterocycles. The van der Waals surface area contributed by atoms with E-state index in [4.69, 9.17) is 9.47 Å². The number of rotatable bonds is 1. The number of carbonyl (C=O) groups excluding carboxylic acids is 1. The van der Waals surface area contributed by atoms with Gasteiger partial charge in [-0.2, -0.15) is 0 Å². The molecular formula is C18H20O4. The Morgan fingerprint density at radius 3 is 3.00 bits per heavy atom. The first-order chi connectivity index (χ1) is 10.6. The van der Waals surface area contributed by atoms with Crippen molar-refractivity contribution in [3.63, 3.8) is 0 Å². The molecule has 3 atom stereocenters. The van der Waals surface area contributed by atoms with Crippen molar-refractivity contribution in [3.05, 3.63) is 40.5 Å². The summed E-state index contributed by atoms with van der Waals surface area (Å²) < 4.78 is 10.7. The second kappa shape index (κ2) is 4.59. The van der Waals surface area contributed by atoms with Crippen LogP contribution in [0.15, 0.2) is 29.3 Å². The van der Waals surface area contributed by atoms with Crippen LogP contribution in [0.25, 0.3) is 0 Å². The third-order valence-electron chi connectivity index (χ3n) is 5.77. The maximum atomic E-state index is 11.9. The summed E-state index contributed by atoms with van der Waals surface area (Å²) in [5.41, 5.74) is 3.95. The molecule has 1 N–H and O–H groups in total. The average Bonchev–Trinajstić information content (AvgIpc) is 2.90.